The lowest BCUT2D eigenvalue weighted by atomic mass is 9.66. The summed E-state index contributed by atoms with van der Waals surface area (Å²) in [4.78, 5) is 14.4. The average molecular weight is 238 g/mol. The number of nitrogens with two attached hydrogens (primary N) is 1. The molecule has 1 saturated heterocycles. The van der Waals surface area contributed by atoms with Crippen LogP contribution in [0.15, 0.2) is 0 Å². The zero-order valence-corrected chi connectivity index (χ0v) is 10.9. The number of carbonyl (C=O) groups is 1. The molecule has 0 radical (unpaired) electrons. The van der Waals surface area contributed by atoms with Crippen molar-refractivity contribution in [1.29, 1.82) is 0 Å². The number of carbonyl (C=O) groups excluding carboxylic acids is 1. The highest BCUT2D eigenvalue weighted by Crippen LogP contribution is 2.43. The van der Waals surface area contributed by atoms with E-state index in [1.165, 1.54) is 38.5 Å². The maximum absolute atomic E-state index is 12.3. The Kier molecular flexibility index (Phi) is 4.43. The smallest absolute Gasteiger partial charge is 0.223 e. The highest BCUT2D eigenvalue weighted by Gasteiger charge is 2.38. The van der Waals surface area contributed by atoms with Crippen LogP contribution in [0.4, 0.5) is 0 Å². The topological polar surface area (TPSA) is 46.3 Å². The minimum absolute atomic E-state index is 0.166. The lowest BCUT2D eigenvalue weighted by Crippen LogP contribution is -2.44. The van der Waals surface area contributed by atoms with Crippen molar-refractivity contribution >= 4 is 5.91 Å². The Hall–Kier alpha value is -0.570. The van der Waals surface area contributed by atoms with Crippen molar-refractivity contribution in [2.24, 2.45) is 11.1 Å². The minimum atomic E-state index is 0.166. The molecule has 0 unspecified atom stereocenters. The summed E-state index contributed by atoms with van der Waals surface area (Å²) >= 11 is 0. The van der Waals surface area contributed by atoms with Crippen molar-refractivity contribution < 1.29 is 4.79 Å². The molecule has 2 N–H and O–H groups in total. The molecule has 3 nitrogen and oxygen atoms in total. The lowest BCUT2D eigenvalue weighted by molar-refractivity contribution is -0.135. The van der Waals surface area contributed by atoms with Crippen molar-refractivity contribution in [2.75, 3.05) is 19.6 Å². The maximum Gasteiger partial charge on any atom is 0.223 e. The molecule has 0 aromatic heterocycles. The summed E-state index contributed by atoms with van der Waals surface area (Å²) < 4.78 is 0. The number of hydrogen-bond acceptors (Lipinski definition) is 2. The molecule has 17 heavy (non-hydrogen) atoms. The van der Waals surface area contributed by atoms with Gasteiger partial charge in [0.25, 0.3) is 0 Å². The number of likely N-dealkylation sites (tertiary alicyclic amines) is 1. The molecule has 0 aromatic rings. The summed E-state index contributed by atoms with van der Waals surface area (Å²) in [6, 6.07) is 0. The Morgan fingerprint density at radius 1 is 1.00 bits per heavy atom. The highest BCUT2D eigenvalue weighted by atomic mass is 16.2. The van der Waals surface area contributed by atoms with E-state index in [0.717, 1.165) is 25.9 Å². The summed E-state index contributed by atoms with van der Waals surface area (Å²) in [6.07, 6.45) is 10.5. The fourth-order valence-corrected chi connectivity index (χ4v) is 3.06. The second kappa shape index (κ2) is 5.85. The van der Waals surface area contributed by atoms with Gasteiger partial charge in [-0.05, 0) is 37.6 Å². The molecule has 1 amide bonds. The molecule has 2 rings (SSSR count). The molecule has 2 fully saturated rings. The van der Waals surface area contributed by atoms with Gasteiger partial charge in [-0.3, -0.25) is 4.79 Å². The molecule has 0 atom stereocenters. The quantitative estimate of drug-likeness (QED) is 0.820. The fourth-order valence-electron chi connectivity index (χ4n) is 3.06. The third-order valence-electron chi connectivity index (χ3n) is 4.58. The van der Waals surface area contributed by atoms with Crippen molar-refractivity contribution in [2.45, 2.75) is 57.8 Å². The molecular weight excluding hydrogens is 212 g/mol. The lowest BCUT2D eigenvalue weighted by Gasteiger charge is -2.41. The number of hydrogen-bond donors (Lipinski definition) is 1. The normalized spacial score (nSPS) is 24.6. The molecule has 1 aliphatic heterocycles. The van der Waals surface area contributed by atoms with Gasteiger partial charge in [-0.2, -0.15) is 0 Å². The van der Waals surface area contributed by atoms with Crippen molar-refractivity contribution in [3.8, 4) is 0 Å². The van der Waals surface area contributed by atoms with Crippen LogP contribution in [0.25, 0.3) is 0 Å². The molecule has 0 aromatic carbocycles. The Labute approximate surface area is 105 Å². The summed E-state index contributed by atoms with van der Waals surface area (Å²) in [5.74, 6) is 0.358. The molecule has 1 aliphatic carbocycles. The molecule has 1 saturated carbocycles. The standard InChI is InChI=1S/C14H26N2O/c15-12-14(7-6-8-14)11-13(17)16-9-4-2-1-3-5-10-16/h1-12,15H2. The Morgan fingerprint density at radius 2 is 1.59 bits per heavy atom. The van der Waals surface area contributed by atoms with Crippen LogP contribution in [0.2, 0.25) is 0 Å². The summed E-state index contributed by atoms with van der Waals surface area (Å²) in [7, 11) is 0. The van der Waals surface area contributed by atoms with Gasteiger partial charge in [0.05, 0.1) is 0 Å². The SMILES string of the molecule is NCC1(CC(=O)N2CCCCCCC2)CCC1. The van der Waals surface area contributed by atoms with E-state index in [2.05, 4.69) is 4.90 Å². The van der Waals surface area contributed by atoms with Crippen molar-refractivity contribution in [1.82, 2.24) is 4.90 Å². The number of amides is 1. The largest absolute Gasteiger partial charge is 0.343 e. The van der Waals surface area contributed by atoms with Gasteiger partial charge in [-0.15, -0.1) is 0 Å². The van der Waals surface area contributed by atoms with Crippen LogP contribution in [0.3, 0.4) is 0 Å². The van der Waals surface area contributed by atoms with E-state index < -0.39 is 0 Å². The van der Waals surface area contributed by atoms with Crippen molar-refractivity contribution in [3.63, 3.8) is 0 Å². The summed E-state index contributed by atoms with van der Waals surface area (Å²) in [5.41, 5.74) is 6.00. The molecule has 0 bridgehead atoms. The zero-order valence-electron chi connectivity index (χ0n) is 10.9. The van der Waals surface area contributed by atoms with Crippen LogP contribution >= 0.6 is 0 Å². The molecule has 0 spiro atoms. The van der Waals surface area contributed by atoms with E-state index >= 15 is 0 Å². The summed E-state index contributed by atoms with van der Waals surface area (Å²) in [6.45, 7) is 2.63. The van der Waals surface area contributed by atoms with Gasteiger partial charge in [0.2, 0.25) is 5.91 Å². The Morgan fingerprint density at radius 3 is 2.06 bits per heavy atom. The van der Waals surface area contributed by atoms with Gasteiger partial charge in [0.1, 0.15) is 0 Å². The maximum atomic E-state index is 12.3. The van der Waals surface area contributed by atoms with E-state index in [9.17, 15) is 4.79 Å². The van der Waals surface area contributed by atoms with E-state index in [-0.39, 0.29) is 5.41 Å². The van der Waals surface area contributed by atoms with Gasteiger partial charge in [0, 0.05) is 19.5 Å². The first-order valence-corrected chi connectivity index (χ1v) is 7.24. The molecule has 98 valence electrons. The first-order chi connectivity index (χ1) is 8.26. The van der Waals surface area contributed by atoms with E-state index in [0.29, 0.717) is 18.9 Å². The van der Waals surface area contributed by atoms with Gasteiger partial charge < -0.3 is 10.6 Å². The minimum Gasteiger partial charge on any atom is -0.343 e. The van der Waals surface area contributed by atoms with Crippen LogP contribution in [0, 0.1) is 5.41 Å². The van der Waals surface area contributed by atoms with Crippen LogP contribution in [-0.4, -0.2) is 30.4 Å². The second-order valence-corrected chi connectivity index (χ2v) is 5.88. The first kappa shape index (κ1) is 12.9. The fraction of sp³-hybridized carbons (Fsp3) is 0.929. The zero-order chi connectivity index (χ0) is 12.1. The first-order valence-electron chi connectivity index (χ1n) is 7.24. The number of nitrogens with zero attached hydrogens (tertiary/aromatic N) is 1. The van der Waals surface area contributed by atoms with Crippen LogP contribution in [-0.2, 0) is 4.79 Å². The monoisotopic (exact) mass is 238 g/mol. The van der Waals surface area contributed by atoms with Gasteiger partial charge in [-0.1, -0.05) is 25.7 Å². The predicted molar refractivity (Wildman–Crippen MR) is 69.6 cm³/mol. The van der Waals surface area contributed by atoms with Crippen LogP contribution < -0.4 is 5.73 Å². The Balaban J connectivity index is 1.84. The summed E-state index contributed by atoms with van der Waals surface area (Å²) in [5, 5.41) is 0. The van der Waals surface area contributed by atoms with Gasteiger partial charge in [0.15, 0.2) is 0 Å². The highest BCUT2D eigenvalue weighted by molar-refractivity contribution is 5.77. The number of rotatable bonds is 3. The van der Waals surface area contributed by atoms with Crippen molar-refractivity contribution in [3.05, 3.63) is 0 Å². The third kappa shape index (κ3) is 3.21. The van der Waals surface area contributed by atoms with E-state index in [4.69, 9.17) is 5.73 Å². The molecular formula is C14H26N2O. The van der Waals surface area contributed by atoms with E-state index in [1.54, 1.807) is 0 Å². The third-order valence-corrected chi connectivity index (χ3v) is 4.58. The van der Waals surface area contributed by atoms with Crippen LogP contribution in [0.5, 0.6) is 0 Å². The molecule has 3 heteroatoms. The average Bonchev–Trinajstić information content (AvgIpc) is 2.22. The molecule has 2 aliphatic rings. The van der Waals surface area contributed by atoms with Gasteiger partial charge in [-0.25, -0.2) is 0 Å². The van der Waals surface area contributed by atoms with Gasteiger partial charge >= 0.3 is 0 Å². The Bertz CT molecular complexity index is 247. The van der Waals surface area contributed by atoms with Crippen LogP contribution in [0.1, 0.15) is 57.8 Å². The second-order valence-electron chi connectivity index (χ2n) is 5.88. The molecule has 1 heterocycles. The van der Waals surface area contributed by atoms with E-state index in [1.807, 2.05) is 0 Å². The predicted octanol–water partition coefficient (Wildman–Crippen LogP) is 2.30.